The smallest absolute Gasteiger partial charge is 0.150 e. The number of hydrogen-bond donors (Lipinski definition) is 0. The molecule has 86 valence electrons. The second-order valence-corrected chi connectivity index (χ2v) is 4.68. The van der Waals surface area contributed by atoms with Gasteiger partial charge in [0.2, 0.25) is 0 Å². The lowest BCUT2D eigenvalue weighted by Crippen LogP contribution is -2.21. The van der Waals surface area contributed by atoms with Crippen LogP contribution in [0.3, 0.4) is 0 Å². The van der Waals surface area contributed by atoms with E-state index in [1.807, 2.05) is 11.9 Å². The van der Waals surface area contributed by atoms with E-state index in [1.54, 1.807) is 12.1 Å². The summed E-state index contributed by atoms with van der Waals surface area (Å²) in [5, 5.41) is 0. The Kier molecular flexibility index (Phi) is 2.95. The molecule has 0 bridgehead atoms. The molecule has 1 aromatic rings. The van der Waals surface area contributed by atoms with Crippen LogP contribution in [0.15, 0.2) is 18.2 Å². The zero-order chi connectivity index (χ0) is 11.7. The van der Waals surface area contributed by atoms with E-state index in [0.717, 1.165) is 12.5 Å². The fourth-order valence-corrected chi connectivity index (χ4v) is 2.01. The minimum Gasteiger partial charge on any atom is -0.372 e. The van der Waals surface area contributed by atoms with Gasteiger partial charge in [0.25, 0.3) is 0 Å². The number of carbonyl (C=O) groups is 1. The second kappa shape index (κ2) is 4.24. The van der Waals surface area contributed by atoms with Crippen LogP contribution in [0.25, 0.3) is 0 Å². The fourth-order valence-electron chi connectivity index (χ4n) is 2.01. The summed E-state index contributed by atoms with van der Waals surface area (Å²) < 4.78 is 13.7. The average molecular weight is 221 g/mol. The Bertz CT molecular complexity index is 405. The van der Waals surface area contributed by atoms with Gasteiger partial charge in [-0.15, -0.1) is 0 Å². The zero-order valence-electron chi connectivity index (χ0n) is 9.61. The van der Waals surface area contributed by atoms with Crippen molar-refractivity contribution in [2.45, 2.75) is 13.3 Å². The highest BCUT2D eigenvalue weighted by atomic mass is 19.1. The van der Waals surface area contributed by atoms with Gasteiger partial charge >= 0.3 is 0 Å². The van der Waals surface area contributed by atoms with Crippen LogP contribution in [0.2, 0.25) is 0 Å². The normalized spacial score (nSPS) is 22.9. The number of carbonyl (C=O) groups excluding carboxylic acids is 1. The van der Waals surface area contributed by atoms with Crippen LogP contribution in [0.1, 0.15) is 23.7 Å². The van der Waals surface area contributed by atoms with E-state index in [0.29, 0.717) is 23.5 Å². The van der Waals surface area contributed by atoms with Crippen LogP contribution in [0, 0.1) is 17.7 Å². The molecule has 0 saturated heterocycles. The summed E-state index contributed by atoms with van der Waals surface area (Å²) in [5.41, 5.74) is 0.958. The van der Waals surface area contributed by atoms with Gasteiger partial charge in [-0.05, 0) is 36.5 Å². The van der Waals surface area contributed by atoms with Gasteiger partial charge < -0.3 is 4.90 Å². The molecule has 0 radical (unpaired) electrons. The first-order chi connectivity index (χ1) is 7.61. The Labute approximate surface area is 95.1 Å². The van der Waals surface area contributed by atoms with Crippen LogP contribution in [0.4, 0.5) is 10.1 Å². The first kappa shape index (κ1) is 11.1. The highest BCUT2D eigenvalue weighted by Gasteiger charge is 2.33. The summed E-state index contributed by atoms with van der Waals surface area (Å²) in [6.45, 7) is 3.10. The molecule has 2 rings (SSSR count). The molecule has 0 N–H and O–H groups in total. The lowest BCUT2D eigenvalue weighted by molar-refractivity contribution is 0.112. The van der Waals surface area contributed by atoms with Crippen LogP contribution in [-0.4, -0.2) is 19.9 Å². The number of hydrogen-bond acceptors (Lipinski definition) is 2. The summed E-state index contributed by atoms with van der Waals surface area (Å²) in [6, 6.07) is 4.61. The van der Waals surface area contributed by atoms with Crippen LogP contribution < -0.4 is 4.90 Å². The summed E-state index contributed by atoms with van der Waals surface area (Å²) in [7, 11) is 1.89. The van der Waals surface area contributed by atoms with Gasteiger partial charge in [0.1, 0.15) is 12.1 Å². The summed E-state index contributed by atoms with van der Waals surface area (Å²) >= 11 is 0. The number of nitrogens with zero attached hydrogens (tertiary/aromatic N) is 1. The fraction of sp³-hybridized carbons (Fsp3) is 0.462. The Morgan fingerprint density at radius 2 is 2.25 bits per heavy atom. The highest BCUT2D eigenvalue weighted by Crippen LogP contribution is 2.38. The van der Waals surface area contributed by atoms with Crippen molar-refractivity contribution >= 4 is 12.0 Å². The molecule has 2 nitrogen and oxygen atoms in total. The maximum atomic E-state index is 13.7. The van der Waals surface area contributed by atoms with Gasteiger partial charge in [-0.25, -0.2) is 4.39 Å². The molecule has 0 aliphatic heterocycles. The van der Waals surface area contributed by atoms with E-state index >= 15 is 0 Å². The van der Waals surface area contributed by atoms with Crippen molar-refractivity contribution in [1.29, 1.82) is 0 Å². The molecule has 0 heterocycles. The van der Waals surface area contributed by atoms with Crippen molar-refractivity contribution in [3.63, 3.8) is 0 Å². The van der Waals surface area contributed by atoms with Crippen molar-refractivity contribution in [1.82, 2.24) is 0 Å². The Morgan fingerprint density at radius 1 is 1.56 bits per heavy atom. The summed E-state index contributed by atoms with van der Waals surface area (Å²) in [4.78, 5) is 12.4. The molecule has 0 spiro atoms. The third-order valence-electron chi connectivity index (χ3n) is 3.30. The molecule has 1 aliphatic carbocycles. The highest BCUT2D eigenvalue weighted by molar-refractivity contribution is 5.75. The van der Waals surface area contributed by atoms with Gasteiger partial charge in [0.05, 0.1) is 5.69 Å². The molecule has 1 saturated carbocycles. The third kappa shape index (κ3) is 2.23. The number of anilines is 1. The maximum absolute atomic E-state index is 13.7. The molecule has 0 amide bonds. The Morgan fingerprint density at radius 3 is 2.75 bits per heavy atom. The third-order valence-corrected chi connectivity index (χ3v) is 3.30. The Hall–Kier alpha value is -1.38. The Balaban J connectivity index is 2.10. The van der Waals surface area contributed by atoms with Crippen LogP contribution in [-0.2, 0) is 0 Å². The topological polar surface area (TPSA) is 20.3 Å². The molecule has 16 heavy (non-hydrogen) atoms. The summed E-state index contributed by atoms with van der Waals surface area (Å²) in [6.07, 6.45) is 1.90. The van der Waals surface area contributed by atoms with E-state index in [9.17, 15) is 9.18 Å². The van der Waals surface area contributed by atoms with Crippen molar-refractivity contribution in [3.05, 3.63) is 29.6 Å². The standard InChI is InChI=1S/C13H16FNO/c1-9-5-11(9)7-15(2)13-4-3-10(8-16)6-12(13)14/h3-4,6,8-9,11H,5,7H2,1-2H3. The van der Waals surface area contributed by atoms with Crippen molar-refractivity contribution in [2.75, 3.05) is 18.5 Å². The lowest BCUT2D eigenvalue weighted by atomic mass is 10.2. The first-order valence-electron chi connectivity index (χ1n) is 5.57. The second-order valence-electron chi connectivity index (χ2n) is 4.68. The molecule has 2 atom stereocenters. The molecule has 3 heteroatoms. The predicted molar refractivity (Wildman–Crippen MR) is 62.3 cm³/mol. The number of benzene rings is 1. The van der Waals surface area contributed by atoms with Gasteiger partial charge in [-0.3, -0.25) is 4.79 Å². The van der Waals surface area contributed by atoms with E-state index in [-0.39, 0.29) is 5.82 Å². The molecule has 1 fully saturated rings. The van der Waals surface area contributed by atoms with Gasteiger partial charge in [0, 0.05) is 19.2 Å². The monoisotopic (exact) mass is 221 g/mol. The number of rotatable bonds is 4. The molecule has 2 unspecified atom stereocenters. The van der Waals surface area contributed by atoms with Gasteiger partial charge in [-0.2, -0.15) is 0 Å². The minimum atomic E-state index is -0.319. The first-order valence-corrected chi connectivity index (χ1v) is 5.57. The van der Waals surface area contributed by atoms with E-state index in [4.69, 9.17) is 0 Å². The maximum Gasteiger partial charge on any atom is 0.150 e. The van der Waals surface area contributed by atoms with Crippen LogP contribution in [0.5, 0.6) is 0 Å². The molecule has 0 aromatic heterocycles. The van der Waals surface area contributed by atoms with E-state index in [1.165, 1.54) is 12.5 Å². The predicted octanol–water partition coefficient (Wildman–Crippen LogP) is 2.73. The zero-order valence-corrected chi connectivity index (χ0v) is 9.61. The van der Waals surface area contributed by atoms with Gasteiger partial charge in [-0.1, -0.05) is 6.92 Å². The molecule has 1 aromatic carbocycles. The minimum absolute atomic E-state index is 0.319. The van der Waals surface area contributed by atoms with Crippen molar-refractivity contribution < 1.29 is 9.18 Å². The molecular formula is C13H16FNO. The van der Waals surface area contributed by atoms with Crippen molar-refractivity contribution in [2.24, 2.45) is 11.8 Å². The largest absolute Gasteiger partial charge is 0.372 e. The van der Waals surface area contributed by atoms with Gasteiger partial charge in [0.15, 0.2) is 0 Å². The van der Waals surface area contributed by atoms with Crippen LogP contribution >= 0.6 is 0 Å². The molecule has 1 aliphatic rings. The van der Waals surface area contributed by atoms with E-state index in [2.05, 4.69) is 6.92 Å². The SMILES string of the molecule is CC1CC1CN(C)c1ccc(C=O)cc1F. The number of halogens is 1. The quantitative estimate of drug-likeness (QED) is 0.729. The molecular weight excluding hydrogens is 205 g/mol. The van der Waals surface area contributed by atoms with E-state index < -0.39 is 0 Å². The average Bonchev–Trinajstić information content (AvgIpc) is 2.93. The summed E-state index contributed by atoms with van der Waals surface area (Å²) in [5.74, 6) is 1.13. The number of aldehydes is 1. The van der Waals surface area contributed by atoms with Crippen molar-refractivity contribution in [3.8, 4) is 0 Å². The lowest BCUT2D eigenvalue weighted by Gasteiger charge is -2.20.